The van der Waals surface area contributed by atoms with Crippen molar-refractivity contribution in [2.75, 3.05) is 32.7 Å². The molecule has 0 radical (unpaired) electrons. The third kappa shape index (κ3) is 5.92. The number of H-pyrrole nitrogens is 1. The van der Waals surface area contributed by atoms with Crippen molar-refractivity contribution < 1.29 is 14.3 Å². The summed E-state index contributed by atoms with van der Waals surface area (Å²) in [5.41, 5.74) is 0.618. The first kappa shape index (κ1) is 23.7. The van der Waals surface area contributed by atoms with Crippen molar-refractivity contribution in [3.05, 3.63) is 26.6 Å². The average Bonchev–Trinajstić information content (AvgIpc) is 3.11. The lowest BCUT2D eigenvalue weighted by molar-refractivity contribution is -0.132. The third-order valence-corrected chi connectivity index (χ3v) is 7.17. The highest BCUT2D eigenvalue weighted by Gasteiger charge is 2.24. The zero-order valence-electron chi connectivity index (χ0n) is 19.7. The Morgan fingerprint density at radius 2 is 1.88 bits per heavy atom. The lowest BCUT2D eigenvalue weighted by Crippen LogP contribution is -2.49. The summed E-state index contributed by atoms with van der Waals surface area (Å²) in [6.45, 7) is 8.88. The second-order valence-corrected chi connectivity index (χ2v) is 10.8. The summed E-state index contributed by atoms with van der Waals surface area (Å²) in [7, 11) is 0. The van der Waals surface area contributed by atoms with Gasteiger partial charge in [0.25, 0.3) is 5.56 Å². The predicted molar refractivity (Wildman–Crippen MR) is 128 cm³/mol. The third-order valence-electron chi connectivity index (χ3n) is 5.98. The predicted octanol–water partition coefficient (Wildman–Crippen LogP) is 2.42. The first-order valence-corrected chi connectivity index (χ1v) is 12.5. The first-order chi connectivity index (χ1) is 15.7. The number of aromatic amines is 1. The molecule has 2 aromatic rings. The van der Waals surface area contributed by atoms with Gasteiger partial charge in [0.2, 0.25) is 5.91 Å². The van der Waals surface area contributed by atoms with Gasteiger partial charge in [-0.05, 0) is 52.0 Å². The topological polar surface area (TPSA) is 108 Å². The van der Waals surface area contributed by atoms with E-state index < -0.39 is 11.7 Å². The van der Waals surface area contributed by atoms with Crippen LogP contribution in [0.4, 0.5) is 4.79 Å². The molecule has 3 heterocycles. The van der Waals surface area contributed by atoms with Crippen molar-refractivity contribution in [2.45, 2.75) is 65.0 Å². The van der Waals surface area contributed by atoms with E-state index in [-0.39, 0.29) is 24.4 Å². The van der Waals surface area contributed by atoms with Crippen LogP contribution in [0.2, 0.25) is 0 Å². The van der Waals surface area contributed by atoms with Gasteiger partial charge in [-0.3, -0.25) is 14.5 Å². The Hall–Kier alpha value is -2.46. The standard InChI is InChI=1S/C23H33N5O4S/c1-23(2,3)32-22(31)24-9-8-18(29)28-12-10-27(11-13-28)14-17-25-20(30)19-15-6-4-5-7-16(15)33-21(19)26-17/h4-14H2,1-3H3,(H,24,31)(H,25,26,30). The number of aromatic nitrogens is 2. The number of nitrogens with zero attached hydrogens (tertiary/aromatic N) is 3. The number of ether oxygens (including phenoxy) is 1. The SMILES string of the molecule is CC(C)(C)OC(=O)NCCC(=O)N1CCN(Cc2nc3sc4c(c3c(=O)[nH]2)CCCC4)CC1. The molecule has 2 N–H and O–H groups in total. The van der Waals surface area contributed by atoms with Crippen LogP contribution in [-0.4, -0.2) is 70.1 Å². The summed E-state index contributed by atoms with van der Waals surface area (Å²) >= 11 is 1.67. The Balaban J connectivity index is 1.26. The fourth-order valence-electron chi connectivity index (χ4n) is 4.39. The van der Waals surface area contributed by atoms with Gasteiger partial charge in [0.05, 0.1) is 11.9 Å². The Kier molecular flexibility index (Phi) is 7.04. The van der Waals surface area contributed by atoms with E-state index in [9.17, 15) is 14.4 Å². The maximum atomic E-state index is 12.7. The molecule has 0 atom stereocenters. The molecule has 2 aromatic heterocycles. The molecule has 33 heavy (non-hydrogen) atoms. The van der Waals surface area contributed by atoms with Gasteiger partial charge < -0.3 is 19.9 Å². The summed E-state index contributed by atoms with van der Waals surface area (Å²) in [6.07, 6.45) is 4.08. The number of aryl methyl sites for hydroxylation is 2. The van der Waals surface area contributed by atoms with E-state index in [0.717, 1.165) is 29.5 Å². The lowest BCUT2D eigenvalue weighted by atomic mass is 9.97. The molecule has 0 unspecified atom stereocenters. The Morgan fingerprint density at radius 1 is 1.15 bits per heavy atom. The van der Waals surface area contributed by atoms with Crippen LogP contribution in [0.1, 0.15) is 56.3 Å². The summed E-state index contributed by atoms with van der Waals surface area (Å²) in [5.74, 6) is 0.704. The monoisotopic (exact) mass is 475 g/mol. The van der Waals surface area contributed by atoms with Gasteiger partial charge >= 0.3 is 6.09 Å². The van der Waals surface area contributed by atoms with Crippen molar-refractivity contribution in [1.29, 1.82) is 0 Å². The van der Waals surface area contributed by atoms with Crippen molar-refractivity contribution in [2.24, 2.45) is 0 Å². The summed E-state index contributed by atoms with van der Waals surface area (Å²) < 4.78 is 5.18. The highest BCUT2D eigenvalue weighted by molar-refractivity contribution is 7.18. The summed E-state index contributed by atoms with van der Waals surface area (Å²) in [6, 6.07) is 0. The van der Waals surface area contributed by atoms with Gasteiger partial charge in [0.15, 0.2) is 0 Å². The first-order valence-electron chi connectivity index (χ1n) is 11.7. The second kappa shape index (κ2) is 9.80. The molecule has 1 aliphatic carbocycles. The number of amides is 2. The van der Waals surface area contributed by atoms with E-state index in [1.807, 2.05) is 4.90 Å². The number of carbonyl (C=O) groups excluding carboxylic acids is 2. The molecular weight excluding hydrogens is 442 g/mol. The van der Waals surface area contributed by atoms with E-state index in [2.05, 4.69) is 15.2 Å². The van der Waals surface area contributed by atoms with Crippen molar-refractivity contribution >= 4 is 33.6 Å². The minimum Gasteiger partial charge on any atom is -0.444 e. The normalized spacial score (nSPS) is 17.1. The minimum absolute atomic E-state index is 0.0165. The molecule has 0 spiro atoms. The Morgan fingerprint density at radius 3 is 2.61 bits per heavy atom. The molecule has 0 bridgehead atoms. The highest BCUT2D eigenvalue weighted by Crippen LogP contribution is 2.33. The number of alkyl carbamates (subject to hydrolysis) is 1. The zero-order chi connectivity index (χ0) is 23.6. The van der Waals surface area contributed by atoms with Gasteiger partial charge in [0, 0.05) is 44.0 Å². The molecule has 0 saturated carbocycles. The minimum atomic E-state index is -0.559. The van der Waals surface area contributed by atoms with E-state index in [1.54, 1.807) is 32.1 Å². The fraction of sp³-hybridized carbons (Fsp3) is 0.652. The van der Waals surface area contributed by atoms with Crippen LogP contribution in [0.25, 0.3) is 10.2 Å². The molecule has 10 heteroatoms. The molecular formula is C23H33N5O4S. The van der Waals surface area contributed by atoms with E-state index in [1.165, 1.54) is 16.9 Å². The Bertz CT molecular complexity index is 1080. The molecule has 2 amide bonds. The van der Waals surface area contributed by atoms with Gasteiger partial charge in [-0.15, -0.1) is 11.3 Å². The van der Waals surface area contributed by atoms with Crippen LogP contribution in [0.15, 0.2) is 4.79 Å². The van der Waals surface area contributed by atoms with Crippen LogP contribution < -0.4 is 10.9 Å². The molecule has 1 fully saturated rings. The van der Waals surface area contributed by atoms with Gasteiger partial charge in [0.1, 0.15) is 16.3 Å². The largest absolute Gasteiger partial charge is 0.444 e. The number of rotatable bonds is 5. The Labute approximate surface area is 197 Å². The van der Waals surface area contributed by atoms with E-state index in [4.69, 9.17) is 9.72 Å². The zero-order valence-corrected chi connectivity index (χ0v) is 20.5. The van der Waals surface area contributed by atoms with Crippen LogP contribution in [0, 0.1) is 0 Å². The summed E-state index contributed by atoms with van der Waals surface area (Å²) in [5, 5.41) is 3.41. The van der Waals surface area contributed by atoms with Crippen molar-refractivity contribution in [1.82, 2.24) is 25.1 Å². The van der Waals surface area contributed by atoms with Crippen molar-refractivity contribution in [3.63, 3.8) is 0 Å². The van der Waals surface area contributed by atoms with E-state index in [0.29, 0.717) is 38.5 Å². The summed E-state index contributed by atoms with van der Waals surface area (Å²) in [4.78, 5) is 50.9. The number of nitrogens with one attached hydrogen (secondary N) is 2. The average molecular weight is 476 g/mol. The smallest absolute Gasteiger partial charge is 0.407 e. The maximum Gasteiger partial charge on any atom is 0.407 e. The lowest BCUT2D eigenvalue weighted by Gasteiger charge is -2.34. The maximum absolute atomic E-state index is 12.7. The molecule has 9 nitrogen and oxygen atoms in total. The number of thiophene rings is 1. The molecule has 1 saturated heterocycles. The number of hydrogen-bond acceptors (Lipinski definition) is 7. The molecule has 2 aliphatic rings. The number of carbonyl (C=O) groups is 2. The van der Waals surface area contributed by atoms with Crippen molar-refractivity contribution in [3.8, 4) is 0 Å². The van der Waals surface area contributed by atoms with Gasteiger partial charge in [-0.2, -0.15) is 0 Å². The number of fused-ring (bicyclic) bond motifs is 3. The second-order valence-electron chi connectivity index (χ2n) is 9.74. The van der Waals surface area contributed by atoms with Crippen LogP contribution in [0.3, 0.4) is 0 Å². The fourth-order valence-corrected chi connectivity index (χ4v) is 5.68. The highest BCUT2D eigenvalue weighted by atomic mass is 32.1. The molecule has 4 rings (SSSR count). The molecule has 1 aliphatic heterocycles. The van der Waals surface area contributed by atoms with Crippen LogP contribution >= 0.6 is 11.3 Å². The molecule has 180 valence electrons. The molecule has 0 aromatic carbocycles. The van der Waals surface area contributed by atoms with Crippen LogP contribution in [0.5, 0.6) is 0 Å². The van der Waals surface area contributed by atoms with Gasteiger partial charge in [-0.25, -0.2) is 9.78 Å². The van der Waals surface area contributed by atoms with Gasteiger partial charge in [-0.1, -0.05) is 0 Å². The number of piperazine rings is 1. The van der Waals surface area contributed by atoms with E-state index >= 15 is 0 Å². The quantitative estimate of drug-likeness (QED) is 0.688. The number of hydrogen-bond donors (Lipinski definition) is 2. The van der Waals surface area contributed by atoms with Crippen LogP contribution in [-0.2, 0) is 28.9 Å².